The fourth-order valence-electron chi connectivity index (χ4n) is 10.9. The van der Waals surface area contributed by atoms with Crippen molar-refractivity contribution < 1.29 is 18.9 Å². The molecule has 6 nitrogen and oxygen atoms in total. The van der Waals surface area contributed by atoms with E-state index >= 15 is 0 Å². The molecule has 0 fully saturated rings. The Bertz CT molecular complexity index is 2920. The summed E-state index contributed by atoms with van der Waals surface area (Å²) in [5.74, 6) is 3.08. The molecule has 0 bridgehead atoms. The van der Waals surface area contributed by atoms with Gasteiger partial charge in [0.05, 0.1) is 0 Å². The van der Waals surface area contributed by atoms with Crippen LogP contribution in [0.15, 0.2) is 127 Å². The van der Waals surface area contributed by atoms with Crippen LogP contribution in [-0.2, 0) is 16.2 Å². The second-order valence-corrected chi connectivity index (χ2v) is 20.7. The van der Waals surface area contributed by atoms with Crippen LogP contribution in [0.4, 0.5) is 34.1 Å². The first-order valence-electron chi connectivity index (χ1n) is 22.9. The molecule has 318 valence electrons. The number of anilines is 6. The van der Waals surface area contributed by atoms with Gasteiger partial charge in [-0.05, 0) is 126 Å². The Kier molecular flexibility index (Phi) is 8.36. The van der Waals surface area contributed by atoms with E-state index in [-0.39, 0.29) is 23.0 Å². The SMILES string of the molecule is CC(C)(C)c1ccc(N2c3cc4c(cc3B3c5cc6c(cc5N(c5ccc(C(C)(C)C)cc5)c5cc(-c7ccc8c(c7)C(C)(C)c7ccccc7-8)cc2c53)OCCO6)OCCO4)cc1. The Labute approximate surface area is 377 Å². The van der Waals surface area contributed by atoms with Crippen LogP contribution in [0.5, 0.6) is 23.0 Å². The molecule has 1 aliphatic carbocycles. The zero-order valence-electron chi connectivity index (χ0n) is 38.1. The van der Waals surface area contributed by atoms with Crippen molar-refractivity contribution in [2.75, 3.05) is 36.2 Å². The maximum atomic E-state index is 6.38. The molecule has 0 amide bonds. The number of hydrogen-bond acceptors (Lipinski definition) is 6. The molecule has 4 heterocycles. The van der Waals surface area contributed by atoms with Gasteiger partial charge in [0.15, 0.2) is 23.0 Å². The molecule has 4 aliphatic heterocycles. The fraction of sp³-hybridized carbons (Fsp3) is 0.263. The molecule has 64 heavy (non-hydrogen) atoms. The minimum Gasteiger partial charge on any atom is -0.486 e. The monoisotopic (exact) mass is 840 g/mol. The van der Waals surface area contributed by atoms with Gasteiger partial charge in [-0.1, -0.05) is 116 Å². The highest BCUT2D eigenvalue weighted by Gasteiger charge is 2.46. The van der Waals surface area contributed by atoms with Crippen molar-refractivity contribution >= 4 is 57.2 Å². The van der Waals surface area contributed by atoms with E-state index in [4.69, 9.17) is 18.9 Å². The lowest BCUT2D eigenvalue weighted by molar-refractivity contribution is 0.172. The predicted octanol–water partition coefficient (Wildman–Crippen LogP) is 11.9. The van der Waals surface area contributed by atoms with Crippen molar-refractivity contribution in [1.29, 1.82) is 0 Å². The van der Waals surface area contributed by atoms with Crippen LogP contribution in [0.25, 0.3) is 22.3 Å². The van der Waals surface area contributed by atoms with E-state index < -0.39 is 0 Å². The number of benzene rings is 7. The highest BCUT2D eigenvalue weighted by Crippen LogP contribution is 2.52. The minimum atomic E-state index is -0.153. The Balaban J connectivity index is 1.17. The summed E-state index contributed by atoms with van der Waals surface area (Å²) in [6.45, 7) is 20.3. The summed E-state index contributed by atoms with van der Waals surface area (Å²) < 4.78 is 25.5. The van der Waals surface area contributed by atoms with Crippen LogP contribution in [0.1, 0.15) is 77.6 Å². The Morgan fingerprint density at radius 1 is 0.453 bits per heavy atom. The zero-order valence-corrected chi connectivity index (χ0v) is 38.1. The quantitative estimate of drug-likeness (QED) is 0.165. The van der Waals surface area contributed by atoms with Gasteiger partial charge in [0.1, 0.15) is 26.4 Å². The van der Waals surface area contributed by atoms with Gasteiger partial charge >= 0.3 is 0 Å². The summed E-state index contributed by atoms with van der Waals surface area (Å²) >= 11 is 0. The van der Waals surface area contributed by atoms with Crippen LogP contribution in [-0.4, -0.2) is 33.1 Å². The Morgan fingerprint density at radius 2 is 0.906 bits per heavy atom. The van der Waals surface area contributed by atoms with Crippen molar-refractivity contribution in [3.05, 3.63) is 150 Å². The second kappa shape index (κ2) is 13.7. The molecule has 12 rings (SSSR count). The van der Waals surface area contributed by atoms with Crippen LogP contribution in [0.3, 0.4) is 0 Å². The predicted molar refractivity (Wildman–Crippen MR) is 263 cm³/mol. The van der Waals surface area contributed by atoms with Gasteiger partial charge in [-0.2, -0.15) is 0 Å². The maximum Gasteiger partial charge on any atom is 0.252 e. The number of ether oxygens (including phenoxy) is 4. The lowest BCUT2D eigenvalue weighted by atomic mass is 9.33. The van der Waals surface area contributed by atoms with E-state index in [2.05, 4.69) is 193 Å². The van der Waals surface area contributed by atoms with Crippen molar-refractivity contribution in [1.82, 2.24) is 0 Å². The average Bonchev–Trinajstić information content (AvgIpc) is 3.52. The molecule has 0 aromatic heterocycles. The summed E-state index contributed by atoms with van der Waals surface area (Å²) in [4.78, 5) is 4.94. The van der Waals surface area contributed by atoms with Gasteiger partial charge < -0.3 is 28.7 Å². The molecule has 0 saturated carbocycles. The molecule has 0 unspecified atom stereocenters. The third kappa shape index (κ3) is 5.85. The maximum absolute atomic E-state index is 6.38. The van der Waals surface area contributed by atoms with E-state index in [1.54, 1.807) is 0 Å². The van der Waals surface area contributed by atoms with Gasteiger partial charge in [0.25, 0.3) is 6.71 Å². The first kappa shape index (κ1) is 39.0. The molecule has 7 aromatic carbocycles. The van der Waals surface area contributed by atoms with Crippen molar-refractivity contribution in [2.45, 2.75) is 71.6 Å². The average molecular weight is 841 g/mol. The summed E-state index contributed by atoms with van der Waals surface area (Å²) in [6.07, 6.45) is 0. The minimum absolute atomic E-state index is 0.00540. The summed E-state index contributed by atoms with van der Waals surface area (Å²) in [6, 6.07) is 48.1. The normalized spacial score (nSPS) is 16.1. The van der Waals surface area contributed by atoms with E-state index in [1.165, 1.54) is 44.4 Å². The molecule has 0 atom stereocenters. The third-order valence-electron chi connectivity index (χ3n) is 14.3. The topological polar surface area (TPSA) is 43.4 Å². The highest BCUT2D eigenvalue weighted by atomic mass is 16.6. The lowest BCUT2D eigenvalue weighted by Crippen LogP contribution is -2.61. The largest absolute Gasteiger partial charge is 0.486 e. The van der Waals surface area contributed by atoms with Crippen LogP contribution >= 0.6 is 0 Å². The lowest BCUT2D eigenvalue weighted by Gasteiger charge is -2.45. The smallest absolute Gasteiger partial charge is 0.252 e. The zero-order chi connectivity index (χ0) is 43.9. The van der Waals surface area contributed by atoms with Crippen molar-refractivity contribution in [3.8, 4) is 45.3 Å². The Hall–Kier alpha value is -6.60. The van der Waals surface area contributed by atoms with Gasteiger partial charge in [-0.25, -0.2) is 0 Å². The van der Waals surface area contributed by atoms with Crippen LogP contribution < -0.4 is 45.1 Å². The van der Waals surface area contributed by atoms with E-state index in [9.17, 15) is 0 Å². The van der Waals surface area contributed by atoms with E-state index in [0.29, 0.717) is 26.4 Å². The molecule has 0 radical (unpaired) electrons. The number of nitrogens with zero attached hydrogens (tertiary/aromatic N) is 2. The highest BCUT2D eigenvalue weighted by molar-refractivity contribution is 7.00. The third-order valence-corrected chi connectivity index (χ3v) is 14.3. The molecule has 7 aromatic rings. The molecule has 7 heteroatoms. The molecular formula is C57H53BN2O4. The molecular weight excluding hydrogens is 787 g/mol. The first-order chi connectivity index (χ1) is 30.7. The van der Waals surface area contributed by atoms with Gasteiger partial charge in [-0.3, -0.25) is 0 Å². The van der Waals surface area contributed by atoms with Crippen molar-refractivity contribution in [2.24, 2.45) is 0 Å². The van der Waals surface area contributed by atoms with Gasteiger partial charge in [-0.15, -0.1) is 0 Å². The second-order valence-electron chi connectivity index (χ2n) is 20.7. The summed E-state index contributed by atoms with van der Waals surface area (Å²) in [5.41, 5.74) is 20.3. The van der Waals surface area contributed by atoms with E-state index in [1.807, 2.05) is 0 Å². The molecule has 0 saturated heterocycles. The van der Waals surface area contributed by atoms with Crippen LogP contribution in [0.2, 0.25) is 0 Å². The number of fused-ring (bicyclic) bond motifs is 9. The van der Waals surface area contributed by atoms with Gasteiger partial charge in [0.2, 0.25) is 0 Å². The first-order valence-corrected chi connectivity index (χ1v) is 22.9. The Morgan fingerprint density at radius 3 is 1.39 bits per heavy atom. The van der Waals surface area contributed by atoms with Crippen LogP contribution in [0, 0.1) is 0 Å². The van der Waals surface area contributed by atoms with Gasteiger partial charge in [0, 0.05) is 51.7 Å². The molecule has 0 spiro atoms. The van der Waals surface area contributed by atoms with Crippen molar-refractivity contribution in [3.63, 3.8) is 0 Å². The number of rotatable bonds is 3. The van der Waals surface area contributed by atoms with E-state index in [0.717, 1.165) is 73.6 Å². The standard InChI is InChI=1S/C57H53BN2O4/c1-55(2,3)36-14-18-38(19-15-36)59-46-32-52-50(61-23-25-63-52)30-44(46)58-45-31-51-53(64-26-24-62-51)33-47(45)60(39-20-16-37(17-21-39)56(4,5)6)49-29-35(28-48(59)54(49)58)34-13-22-41-40-11-9-10-12-42(40)57(7,8)43(41)27-34/h9-22,27-33H,23-26H2,1-8H3. The molecule has 5 aliphatic rings. The molecule has 0 N–H and O–H groups in total. The summed E-state index contributed by atoms with van der Waals surface area (Å²) in [5, 5.41) is 0. The fourth-order valence-corrected chi connectivity index (χ4v) is 10.9. The number of hydrogen-bond donors (Lipinski definition) is 0. The summed E-state index contributed by atoms with van der Waals surface area (Å²) in [7, 11) is 0.